The summed E-state index contributed by atoms with van der Waals surface area (Å²) in [5, 5.41) is 11.5. The minimum absolute atomic E-state index is 0.0359. The number of nitrogens with zero attached hydrogens (tertiary/aromatic N) is 3. The van der Waals surface area contributed by atoms with Crippen LogP contribution in [-0.4, -0.2) is 40.0 Å². The Labute approximate surface area is 203 Å². The van der Waals surface area contributed by atoms with E-state index in [0.29, 0.717) is 27.7 Å². The second-order valence-electron chi connectivity index (χ2n) is 7.94. The van der Waals surface area contributed by atoms with E-state index < -0.39 is 11.7 Å². The molecule has 0 saturated carbocycles. The van der Waals surface area contributed by atoms with E-state index >= 15 is 0 Å². The molecule has 34 heavy (non-hydrogen) atoms. The zero-order valence-corrected chi connectivity index (χ0v) is 20.0. The topological polar surface area (TPSA) is 75.2 Å². The number of rotatable bonds is 8. The number of anilines is 1. The fourth-order valence-electron chi connectivity index (χ4n) is 3.13. The molecule has 0 aliphatic carbocycles. The predicted molar refractivity (Wildman–Crippen MR) is 126 cm³/mol. The van der Waals surface area contributed by atoms with Crippen LogP contribution >= 0.6 is 22.9 Å². The fraction of sp³-hybridized carbons (Fsp3) is 0.304. The maximum Gasteiger partial charge on any atom is 0.416 e. The van der Waals surface area contributed by atoms with Crippen LogP contribution in [0.4, 0.5) is 18.3 Å². The molecule has 3 rings (SSSR count). The number of hydrogen-bond acceptors (Lipinski definition) is 5. The van der Waals surface area contributed by atoms with Crippen LogP contribution < -0.4 is 5.32 Å². The molecule has 180 valence electrons. The van der Waals surface area contributed by atoms with Crippen LogP contribution in [0.25, 0.3) is 10.6 Å². The molecule has 2 aromatic carbocycles. The molecule has 3 aromatic rings. The normalized spacial score (nSPS) is 11.5. The number of carbonyl (C=O) groups is 2. The van der Waals surface area contributed by atoms with Crippen molar-refractivity contribution in [1.82, 2.24) is 15.1 Å². The third kappa shape index (κ3) is 7.01. The van der Waals surface area contributed by atoms with Gasteiger partial charge in [0.25, 0.3) is 5.91 Å². The third-order valence-corrected chi connectivity index (χ3v) is 5.81. The van der Waals surface area contributed by atoms with E-state index in [-0.39, 0.29) is 35.8 Å². The first-order chi connectivity index (χ1) is 16.0. The second kappa shape index (κ2) is 11.0. The number of nitrogens with one attached hydrogen (secondary N) is 1. The van der Waals surface area contributed by atoms with Crippen molar-refractivity contribution in [3.05, 3.63) is 64.7 Å². The first kappa shape index (κ1) is 25.6. The van der Waals surface area contributed by atoms with Crippen molar-refractivity contribution >= 4 is 39.9 Å². The van der Waals surface area contributed by atoms with E-state index in [0.717, 1.165) is 23.5 Å². The van der Waals surface area contributed by atoms with Crippen molar-refractivity contribution < 1.29 is 22.8 Å². The van der Waals surface area contributed by atoms with Crippen LogP contribution in [0.15, 0.2) is 48.5 Å². The Bertz CT molecular complexity index is 1150. The number of amides is 2. The van der Waals surface area contributed by atoms with E-state index in [9.17, 15) is 22.8 Å². The smallest absolute Gasteiger partial charge is 0.338 e. The zero-order chi connectivity index (χ0) is 24.9. The van der Waals surface area contributed by atoms with Gasteiger partial charge in [-0.2, -0.15) is 13.2 Å². The molecular weight excluding hydrogens is 489 g/mol. The van der Waals surface area contributed by atoms with Gasteiger partial charge in [-0.25, -0.2) is 0 Å². The lowest BCUT2D eigenvalue weighted by atomic mass is 10.1. The average molecular weight is 511 g/mol. The van der Waals surface area contributed by atoms with Crippen molar-refractivity contribution in [2.24, 2.45) is 5.92 Å². The van der Waals surface area contributed by atoms with Gasteiger partial charge in [0.2, 0.25) is 11.0 Å². The number of alkyl halides is 3. The Morgan fingerprint density at radius 2 is 1.82 bits per heavy atom. The third-order valence-electron chi connectivity index (χ3n) is 4.68. The molecule has 11 heteroatoms. The summed E-state index contributed by atoms with van der Waals surface area (Å²) in [5.41, 5.74) is 0.146. The second-order valence-corrected chi connectivity index (χ2v) is 9.35. The van der Waals surface area contributed by atoms with Crippen molar-refractivity contribution in [3.63, 3.8) is 0 Å². The maximum absolute atomic E-state index is 12.9. The summed E-state index contributed by atoms with van der Waals surface area (Å²) in [5.74, 6) is -0.382. The highest BCUT2D eigenvalue weighted by atomic mass is 35.5. The van der Waals surface area contributed by atoms with Gasteiger partial charge >= 0.3 is 6.18 Å². The Balaban J connectivity index is 1.61. The minimum Gasteiger partial charge on any atom is -0.338 e. The van der Waals surface area contributed by atoms with Gasteiger partial charge in [-0.1, -0.05) is 55.0 Å². The molecule has 6 nitrogen and oxygen atoms in total. The lowest BCUT2D eigenvalue weighted by Gasteiger charge is -2.24. The molecule has 0 unspecified atom stereocenters. The van der Waals surface area contributed by atoms with E-state index in [1.807, 2.05) is 13.8 Å². The van der Waals surface area contributed by atoms with Crippen molar-refractivity contribution in [3.8, 4) is 10.6 Å². The number of hydrogen-bond donors (Lipinski definition) is 1. The zero-order valence-electron chi connectivity index (χ0n) is 18.4. The lowest BCUT2D eigenvalue weighted by Crippen LogP contribution is -2.36. The molecule has 0 spiro atoms. The van der Waals surface area contributed by atoms with Crippen LogP contribution in [0.3, 0.4) is 0 Å². The van der Waals surface area contributed by atoms with E-state index in [1.54, 1.807) is 29.2 Å². The highest BCUT2D eigenvalue weighted by molar-refractivity contribution is 7.18. The van der Waals surface area contributed by atoms with Gasteiger partial charge in [-0.15, -0.1) is 10.2 Å². The summed E-state index contributed by atoms with van der Waals surface area (Å²) in [4.78, 5) is 27.0. The molecule has 0 saturated heterocycles. The molecule has 1 aromatic heterocycles. The molecule has 0 atom stereocenters. The first-order valence-corrected chi connectivity index (χ1v) is 11.6. The predicted octanol–water partition coefficient (Wildman–Crippen LogP) is 6.00. The summed E-state index contributed by atoms with van der Waals surface area (Å²) in [6.07, 6.45) is -4.38. The molecule has 0 bridgehead atoms. The SMILES string of the molecule is CC(C)CN(CCC(=O)Nc1nnc(-c2ccc(C(F)(F)F)cc2)s1)C(=O)c1cccc(Cl)c1. The number of benzene rings is 2. The van der Waals surface area contributed by atoms with Crippen molar-refractivity contribution in [1.29, 1.82) is 0 Å². The van der Waals surface area contributed by atoms with Gasteiger partial charge in [0, 0.05) is 35.7 Å². The fourth-order valence-corrected chi connectivity index (χ4v) is 4.09. The van der Waals surface area contributed by atoms with Crippen molar-refractivity contribution in [2.45, 2.75) is 26.4 Å². The van der Waals surface area contributed by atoms with E-state index in [1.165, 1.54) is 12.1 Å². The largest absolute Gasteiger partial charge is 0.416 e. The monoisotopic (exact) mass is 510 g/mol. The van der Waals surface area contributed by atoms with Crippen LogP contribution in [-0.2, 0) is 11.0 Å². The molecular formula is C23H22ClF3N4O2S. The Kier molecular flexibility index (Phi) is 8.27. The van der Waals surface area contributed by atoms with E-state index in [2.05, 4.69) is 15.5 Å². The summed E-state index contributed by atoms with van der Waals surface area (Å²) in [6.45, 7) is 4.61. The highest BCUT2D eigenvalue weighted by Gasteiger charge is 2.30. The van der Waals surface area contributed by atoms with E-state index in [4.69, 9.17) is 11.6 Å². The van der Waals surface area contributed by atoms with Crippen LogP contribution in [0.2, 0.25) is 5.02 Å². The summed E-state index contributed by atoms with van der Waals surface area (Å²) >= 11 is 7.04. The van der Waals surface area contributed by atoms with Crippen LogP contribution in [0, 0.1) is 5.92 Å². The Morgan fingerprint density at radius 3 is 2.44 bits per heavy atom. The van der Waals surface area contributed by atoms with Crippen molar-refractivity contribution in [2.75, 3.05) is 18.4 Å². The van der Waals surface area contributed by atoms with Crippen LogP contribution in [0.1, 0.15) is 36.2 Å². The Morgan fingerprint density at radius 1 is 1.12 bits per heavy atom. The first-order valence-electron chi connectivity index (χ1n) is 10.4. The van der Waals surface area contributed by atoms with Gasteiger partial charge in [0.05, 0.1) is 5.56 Å². The Hall–Kier alpha value is -2.98. The van der Waals surface area contributed by atoms with Gasteiger partial charge in [0.15, 0.2) is 0 Å². The quantitative estimate of drug-likeness (QED) is 0.403. The standard InChI is InChI=1S/C23H22ClF3N4O2S/c1-14(2)13-31(21(33)16-4-3-5-18(24)12-16)11-10-19(32)28-22-30-29-20(34-22)15-6-8-17(9-7-15)23(25,26)27/h3-9,12,14H,10-11,13H2,1-2H3,(H,28,30,32). The van der Waals surface area contributed by atoms with Crippen LogP contribution in [0.5, 0.6) is 0 Å². The molecule has 0 aliphatic heterocycles. The molecule has 2 amide bonds. The number of aromatic nitrogens is 2. The van der Waals surface area contributed by atoms with Gasteiger partial charge in [-0.3, -0.25) is 9.59 Å². The molecule has 0 aliphatic rings. The molecule has 1 N–H and O–H groups in total. The van der Waals surface area contributed by atoms with Gasteiger partial charge in [-0.05, 0) is 36.2 Å². The molecule has 1 heterocycles. The lowest BCUT2D eigenvalue weighted by molar-refractivity contribution is -0.137. The average Bonchev–Trinajstić information content (AvgIpc) is 3.23. The van der Waals surface area contributed by atoms with Gasteiger partial charge in [0.1, 0.15) is 5.01 Å². The number of halogens is 4. The molecule has 0 fully saturated rings. The highest BCUT2D eigenvalue weighted by Crippen LogP contribution is 2.32. The summed E-state index contributed by atoms with van der Waals surface area (Å²) in [6, 6.07) is 11.2. The summed E-state index contributed by atoms with van der Waals surface area (Å²) in [7, 11) is 0. The molecule has 0 radical (unpaired) electrons. The number of carbonyl (C=O) groups excluding carboxylic acids is 2. The minimum atomic E-state index is -4.42. The van der Waals surface area contributed by atoms with Gasteiger partial charge < -0.3 is 10.2 Å². The summed E-state index contributed by atoms with van der Waals surface area (Å²) < 4.78 is 38.2. The maximum atomic E-state index is 12.9.